The summed E-state index contributed by atoms with van der Waals surface area (Å²) in [7, 11) is -3.90. The SMILES string of the molecule is CCCCN(C(=O)c1cccc(S(=O)(=O)N(C)C)c1)[C@H]1CCS(=O)(=O)C1. The fraction of sp³-hybridized carbons (Fsp3) is 0.588. The van der Waals surface area contributed by atoms with E-state index in [0.29, 0.717) is 13.0 Å². The van der Waals surface area contributed by atoms with Crippen LogP contribution in [0, 0.1) is 0 Å². The number of hydrogen-bond donors (Lipinski definition) is 0. The molecular weight excluding hydrogens is 376 g/mol. The van der Waals surface area contributed by atoms with Gasteiger partial charge in [0.15, 0.2) is 9.84 Å². The summed E-state index contributed by atoms with van der Waals surface area (Å²) in [5.41, 5.74) is 0.258. The topological polar surface area (TPSA) is 91.8 Å². The normalized spacial score (nSPS) is 19.6. The van der Waals surface area contributed by atoms with Crippen LogP contribution >= 0.6 is 0 Å². The number of sulfone groups is 1. The van der Waals surface area contributed by atoms with E-state index in [1.54, 1.807) is 11.0 Å². The van der Waals surface area contributed by atoms with Gasteiger partial charge in [0, 0.05) is 32.2 Å². The molecule has 0 aliphatic carbocycles. The lowest BCUT2D eigenvalue weighted by molar-refractivity contribution is 0.0694. The van der Waals surface area contributed by atoms with Crippen molar-refractivity contribution in [3.05, 3.63) is 29.8 Å². The Morgan fingerprint density at radius 3 is 2.50 bits per heavy atom. The molecule has 26 heavy (non-hydrogen) atoms. The van der Waals surface area contributed by atoms with Crippen molar-refractivity contribution in [2.75, 3.05) is 32.1 Å². The number of carbonyl (C=O) groups is 1. The first kappa shape index (κ1) is 20.9. The number of nitrogens with zero attached hydrogens (tertiary/aromatic N) is 2. The van der Waals surface area contributed by atoms with Crippen LogP contribution in [0.4, 0.5) is 0 Å². The predicted molar refractivity (Wildman–Crippen MR) is 100 cm³/mol. The van der Waals surface area contributed by atoms with Gasteiger partial charge in [0.25, 0.3) is 5.91 Å². The maximum atomic E-state index is 13.0. The second-order valence-corrected chi connectivity index (χ2v) is 11.1. The van der Waals surface area contributed by atoms with Crippen molar-refractivity contribution in [2.24, 2.45) is 0 Å². The number of benzene rings is 1. The quantitative estimate of drug-likeness (QED) is 0.687. The van der Waals surface area contributed by atoms with Gasteiger partial charge in [-0.3, -0.25) is 4.79 Å². The standard InChI is InChI=1S/C17H26N2O5S2/c1-4-5-10-19(15-9-11-25(21,22)13-15)17(20)14-7-6-8-16(12-14)26(23,24)18(2)3/h6-8,12,15H,4-5,9-11,13H2,1-3H3/t15-/m0/s1. The third kappa shape index (κ3) is 4.63. The summed E-state index contributed by atoms with van der Waals surface area (Å²) < 4.78 is 49.3. The Kier molecular flexibility index (Phi) is 6.46. The second kappa shape index (κ2) is 8.06. The van der Waals surface area contributed by atoms with Crippen molar-refractivity contribution in [3.8, 4) is 0 Å². The zero-order chi connectivity index (χ0) is 19.5. The van der Waals surface area contributed by atoms with Crippen molar-refractivity contribution in [1.29, 1.82) is 0 Å². The van der Waals surface area contributed by atoms with Crippen LogP contribution in [-0.2, 0) is 19.9 Å². The number of rotatable bonds is 7. The third-order valence-corrected chi connectivity index (χ3v) is 8.08. The first-order valence-electron chi connectivity index (χ1n) is 8.62. The van der Waals surface area contributed by atoms with Gasteiger partial charge < -0.3 is 4.90 Å². The molecule has 1 heterocycles. The summed E-state index contributed by atoms with van der Waals surface area (Å²) in [6.07, 6.45) is 2.06. The molecule has 0 unspecified atom stereocenters. The van der Waals surface area contributed by atoms with E-state index >= 15 is 0 Å². The summed E-state index contributed by atoms with van der Waals surface area (Å²) >= 11 is 0. The average Bonchev–Trinajstić information content (AvgIpc) is 2.94. The molecule has 1 fully saturated rings. The zero-order valence-electron chi connectivity index (χ0n) is 15.4. The Labute approximate surface area is 156 Å². The van der Waals surface area contributed by atoms with Crippen molar-refractivity contribution < 1.29 is 21.6 Å². The highest BCUT2D eigenvalue weighted by Crippen LogP contribution is 2.22. The van der Waals surface area contributed by atoms with Gasteiger partial charge in [-0.1, -0.05) is 19.4 Å². The van der Waals surface area contributed by atoms with Gasteiger partial charge in [0.2, 0.25) is 10.0 Å². The molecule has 146 valence electrons. The fourth-order valence-corrected chi connectivity index (χ4v) is 5.64. The molecule has 0 aromatic heterocycles. The lowest BCUT2D eigenvalue weighted by Gasteiger charge is -2.28. The van der Waals surface area contributed by atoms with Crippen LogP contribution in [0.25, 0.3) is 0 Å². The summed E-state index contributed by atoms with van der Waals surface area (Å²) in [4.78, 5) is 14.7. The lowest BCUT2D eigenvalue weighted by Crippen LogP contribution is -2.41. The highest BCUT2D eigenvalue weighted by molar-refractivity contribution is 7.91. The molecule has 1 atom stereocenters. The molecule has 1 aliphatic heterocycles. The van der Waals surface area contributed by atoms with E-state index in [2.05, 4.69) is 0 Å². The van der Waals surface area contributed by atoms with Gasteiger partial charge in [0.05, 0.1) is 16.4 Å². The van der Waals surface area contributed by atoms with E-state index in [-0.39, 0.29) is 33.9 Å². The van der Waals surface area contributed by atoms with Gasteiger partial charge >= 0.3 is 0 Å². The summed E-state index contributed by atoms with van der Waals surface area (Å²) in [5, 5.41) is 0. The Hall–Kier alpha value is -1.45. The van der Waals surface area contributed by atoms with Crippen molar-refractivity contribution in [1.82, 2.24) is 9.21 Å². The van der Waals surface area contributed by atoms with E-state index in [1.165, 1.54) is 32.3 Å². The molecule has 1 aromatic carbocycles. The molecule has 2 rings (SSSR count). The summed E-state index contributed by atoms with van der Waals surface area (Å²) in [6, 6.07) is 5.56. The van der Waals surface area contributed by atoms with E-state index in [9.17, 15) is 21.6 Å². The molecule has 0 radical (unpaired) electrons. The van der Waals surface area contributed by atoms with Crippen LogP contribution in [-0.4, -0.2) is 70.1 Å². The van der Waals surface area contributed by atoms with Crippen LogP contribution < -0.4 is 0 Å². The maximum absolute atomic E-state index is 13.0. The van der Waals surface area contributed by atoms with Gasteiger partial charge in [-0.05, 0) is 31.0 Å². The third-order valence-electron chi connectivity index (χ3n) is 4.52. The van der Waals surface area contributed by atoms with E-state index in [1.807, 2.05) is 6.92 Å². The maximum Gasteiger partial charge on any atom is 0.254 e. The molecule has 0 saturated carbocycles. The Bertz CT molecular complexity index is 863. The monoisotopic (exact) mass is 402 g/mol. The number of sulfonamides is 1. The molecule has 1 aliphatic rings. The van der Waals surface area contributed by atoms with Crippen molar-refractivity contribution >= 4 is 25.8 Å². The van der Waals surface area contributed by atoms with Crippen LogP contribution in [0.2, 0.25) is 0 Å². The van der Waals surface area contributed by atoms with Crippen LogP contribution in [0.15, 0.2) is 29.2 Å². The number of hydrogen-bond acceptors (Lipinski definition) is 5. The van der Waals surface area contributed by atoms with Crippen molar-refractivity contribution in [2.45, 2.75) is 37.1 Å². The Morgan fingerprint density at radius 2 is 1.96 bits per heavy atom. The largest absolute Gasteiger partial charge is 0.335 e. The zero-order valence-corrected chi connectivity index (χ0v) is 17.0. The molecular formula is C17H26N2O5S2. The first-order valence-corrected chi connectivity index (χ1v) is 11.9. The van der Waals surface area contributed by atoms with E-state index < -0.39 is 19.9 Å². The molecule has 0 bridgehead atoms. The smallest absolute Gasteiger partial charge is 0.254 e. The average molecular weight is 403 g/mol. The second-order valence-electron chi connectivity index (χ2n) is 6.72. The lowest BCUT2D eigenvalue weighted by atomic mass is 10.1. The summed E-state index contributed by atoms with van der Waals surface area (Å²) in [6.45, 7) is 2.46. The van der Waals surface area contributed by atoms with Crippen LogP contribution in [0.1, 0.15) is 36.5 Å². The van der Waals surface area contributed by atoms with Gasteiger partial charge in [0.1, 0.15) is 0 Å². The Morgan fingerprint density at radius 1 is 1.27 bits per heavy atom. The number of unbranched alkanes of at least 4 members (excludes halogenated alkanes) is 1. The van der Waals surface area contributed by atoms with Crippen LogP contribution in [0.5, 0.6) is 0 Å². The first-order chi connectivity index (χ1) is 12.1. The van der Waals surface area contributed by atoms with Gasteiger partial charge in [-0.25, -0.2) is 21.1 Å². The van der Waals surface area contributed by atoms with Gasteiger partial charge in [-0.15, -0.1) is 0 Å². The molecule has 0 N–H and O–H groups in total. The van der Waals surface area contributed by atoms with Crippen molar-refractivity contribution in [3.63, 3.8) is 0 Å². The van der Waals surface area contributed by atoms with Gasteiger partial charge in [-0.2, -0.15) is 0 Å². The number of carbonyl (C=O) groups excluding carboxylic acids is 1. The molecule has 7 nitrogen and oxygen atoms in total. The molecule has 9 heteroatoms. The molecule has 1 saturated heterocycles. The van der Waals surface area contributed by atoms with Crippen LogP contribution in [0.3, 0.4) is 0 Å². The highest BCUT2D eigenvalue weighted by atomic mass is 32.2. The number of amides is 1. The van der Waals surface area contributed by atoms with E-state index in [0.717, 1.165) is 17.1 Å². The Balaban J connectivity index is 2.34. The molecule has 1 amide bonds. The minimum absolute atomic E-state index is 0.0296. The summed E-state index contributed by atoms with van der Waals surface area (Å²) in [5.74, 6) is -0.267. The predicted octanol–water partition coefficient (Wildman–Crippen LogP) is 1.37. The molecule has 0 spiro atoms. The highest BCUT2D eigenvalue weighted by Gasteiger charge is 2.35. The minimum atomic E-state index is -3.65. The fourth-order valence-electron chi connectivity index (χ4n) is 2.97. The van der Waals surface area contributed by atoms with E-state index in [4.69, 9.17) is 0 Å². The molecule has 1 aromatic rings. The minimum Gasteiger partial charge on any atom is -0.335 e.